The molecule has 3 aromatic rings. The maximum absolute atomic E-state index is 14.4. The van der Waals surface area contributed by atoms with Crippen molar-refractivity contribution >= 4 is 40.2 Å². The molecule has 11 heteroatoms. The predicted molar refractivity (Wildman–Crippen MR) is 127 cm³/mol. The molecule has 0 saturated heterocycles. The SMILES string of the molecule is CN(C)c1nc(NC2CCC(NC(=O)c3c(C(F)(F)F)ccc(Cl)c3F)CC2)nc2ccccc12. The van der Waals surface area contributed by atoms with Crippen molar-refractivity contribution < 1.29 is 22.4 Å². The van der Waals surface area contributed by atoms with Crippen molar-refractivity contribution in [2.45, 2.75) is 43.9 Å². The van der Waals surface area contributed by atoms with E-state index in [4.69, 9.17) is 11.6 Å². The van der Waals surface area contributed by atoms with Crippen LogP contribution in [0.4, 0.5) is 29.3 Å². The van der Waals surface area contributed by atoms with E-state index in [1.54, 1.807) is 0 Å². The highest BCUT2D eigenvalue weighted by Crippen LogP contribution is 2.35. The minimum atomic E-state index is -4.88. The van der Waals surface area contributed by atoms with Crippen LogP contribution in [0.2, 0.25) is 5.02 Å². The highest BCUT2D eigenvalue weighted by Gasteiger charge is 2.38. The molecule has 186 valence electrons. The van der Waals surface area contributed by atoms with Gasteiger partial charge < -0.3 is 15.5 Å². The van der Waals surface area contributed by atoms with Gasteiger partial charge >= 0.3 is 6.18 Å². The van der Waals surface area contributed by atoms with Crippen LogP contribution in [0.25, 0.3) is 10.9 Å². The van der Waals surface area contributed by atoms with E-state index in [0.717, 1.165) is 22.8 Å². The summed E-state index contributed by atoms with van der Waals surface area (Å²) < 4.78 is 54.3. The molecule has 1 aliphatic rings. The lowest BCUT2D eigenvalue weighted by atomic mass is 9.91. The van der Waals surface area contributed by atoms with Gasteiger partial charge in [-0.25, -0.2) is 9.37 Å². The van der Waals surface area contributed by atoms with E-state index in [2.05, 4.69) is 20.6 Å². The number of rotatable bonds is 5. The molecule has 2 N–H and O–H groups in total. The number of nitrogens with one attached hydrogen (secondary N) is 2. The van der Waals surface area contributed by atoms with Gasteiger partial charge in [-0.3, -0.25) is 4.79 Å². The van der Waals surface area contributed by atoms with E-state index >= 15 is 0 Å². The van der Waals surface area contributed by atoms with Crippen molar-refractivity contribution in [3.63, 3.8) is 0 Å². The summed E-state index contributed by atoms with van der Waals surface area (Å²) in [6, 6.07) is 8.73. The van der Waals surface area contributed by atoms with Crippen LogP contribution in [0.3, 0.4) is 0 Å². The molecule has 0 spiro atoms. The first-order valence-electron chi connectivity index (χ1n) is 11.1. The van der Waals surface area contributed by atoms with E-state index in [-0.39, 0.29) is 6.04 Å². The fraction of sp³-hybridized carbons (Fsp3) is 0.375. The molecule has 4 rings (SSSR count). The minimum Gasteiger partial charge on any atom is -0.362 e. The summed E-state index contributed by atoms with van der Waals surface area (Å²) >= 11 is 5.64. The summed E-state index contributed by atoms with van der Waals surface area (Å²) in [5, 5.41) is 6.27. The van der Waals surface area contributed by atoms with E-state index in [9.17, 15) is 22.4 Å². The number of anilines is 2. The minimum absolute atomic E-state index is 0.0213. The molecular weight excluding hydrogens is 486 g/mol. The number of carbonyl (C=O) groups excluding carboxylic acids is 1. The average Bonchev–Trinajstić information content (AvgIpc) is 2.80. The monoisotopic (exact) mass is 509 g/mol. The Morgan fingerprint density at radius 1 is 1.03 bits per heavy atom. The third kappa shape index (κ3) is 5.42. The molecule has 35 heavy (non-hydrogen) atoms. The van der Waals surface area contributed by atoms with Crippen molar-refractivity contribution in [2.75, 3.05) is 24.3 Å². The van der Waals surface area contributed by atoms with Crippen molar-refractivity contribution in [2.24, 2.45) is 0 Å². The van der Waals surface area contributed by atoms with E-state index in [1.165, 1.54) is 0 Å². The van der Waals surface area contributed by atoms with Crippen molar-refractivity contribution in [1.29, 1.82) is 0 Å². The summed E-state index contributed by atoms with van der Waals surface area (Å²) in [5.74, 6) is -1.24. The fourth-order valence-corrected chi connectivity index (χ4v) is 4.45. The molecule has 1 amide bonds. The highest BCUT2D eigenvalue weighted by atomic mass is 35.5. The maximum atomic E-state index is 14.4. The highest BCUT2D eigenvalue weighted by molar-refractivity contribution is 6.31. The zero-order chi connectivity index (χ0) is 25.3. The molecular formula is C24H24ClF4N5O. The van der Waals surface area contributed by atoms with Gasteiger partial charge in [0.15, 0.2) is 5.82 Å². The van der Waals surface area contributed by atoms with Crippen LogP contribution >= 0.6 is 11.6 Å². The second-order valence-electron chi connectivity index (χ2n) is 8.73. The number of hydrogen-bond donors (Lipinski definition) is 2. The lowest BCUT2D eigenvalue weighted by Gasteiger charge is -2.30. The molecule has 0 unspecified atom stereocenters. The molecule has 0 aliphatic heterocycles. The summed E-state index contributed by atoms with van der Waals surface area (Å²) in [7, 11) is 3.80. The van der Waals surface area contributed by atoms with Crippen LogP contribution in [0.5, 0.6) is 0 Å². The van der Waals surface area contributed by atoms with E-state index in [1.807, 2.05) is 43.3 Å². The van der Waals surface area contributed by atoms with Crippen molar-refractivity contribution in [3.05, 3.63) is 58.4 Å². The number of alkyl halides is 3. The Kier molecular flexibility index (Phi) is 7.02. The van der Waals surface area contributed by atoms with Gasteiger partial charge in [0.2, 0.25) is 5.95 Å². The number of hydrogen-bond acceptors (Lipinski definition) is 5. The van der Waals surface area contributed by atoms with Gasteiger partial charge in [-0.1, -0.05) is 23.7 Å². The van der Waals surface area contributed by atoms with Crippen LogP contribution in [0, 0.1) is 5.82 Å². The lowest BCUT2D eigenvalue weighted by molar-refractivity contribution is -0.138. The van der Waals surface area contributed by atoms with Crippen LogP contribution in [-0.2, 0) is 6.18 Å². The van der Waals surface area contributed by atoms with Crippen molar-refractivity contribution in [3.8, 4) is 0 Å². The number of amides is 1. The topological polar surface area (TPSA) is 70.2 Å². The second-order valence-corrected chi connectivity index (χ2v) is 9.14. The largest absolute Gasteiger partial charge is 0.417 e. The van der Waals surface area contributed by atoms with Crippen LogP contribution in [-0.4, -0.2) is 42.1 Å². The van der Waals surface area contributed by atoms with E-state index in [0.29, 0.717) is 37.7 Å². The molecule has 1 saturated carbocycles. The molecule has 1 fully saturated rings. The smallest absolute Gasteiger partial charge is 0.362 e. The molecule has 1 aromatic heterocycles. The van der Waals surface area contributed by atoms with Gasteiger partial charge in [0, 0.05) is 31.6 Å². The Bertz CT molecular complexity index is 1240. The first-order chi connectivity index (χ1) is 16.5. The molecule has 6 nitrogen and oxygen atoms in total. The third-order valence-electron chi connectivity index (χ3n) is 6.03. The molecule has 0 radical (unpaired) electrons. The number of benzene rings is 2. The number of para-hydroxylation sites is 1. The Labute approximate surface area is 204 Å². The number of carbonyl (C=O) groups is 1. The van der Waals surface area contributed by atoms with Gasteiger partial charge in [-0.2, -0.15) is 18.2 Å². The summed E-state index contributed by atoms with van der Waals surface area (Å²) in [6.45, 7) is 0. The third-order valence-corrected chi connectivity index (χ3v) is 6.32. The Morgan fingerprint density at radius 2 is 1.69 bits per heavy atom. The molecule has 1 aliphatic carbocycles. The number of fused-ring (bicyclic) bond motifs is 1. The van der Waals surface area contributed by atoms with Crippen molar-refractivity contribution in [1.82, 2.24) is 15.3 Å². The van der Waals surface area contributed by atoms with Crippen LogP contribution < -0.4 is 15.5 Å². The quantitative estimate of drug-likeness (QED) is 0.434. The Morgan fingerprint density at radius 3 is 2.34 bits per heavy atom. The molecule has 1 heterocycles. The second kappa shape index (κ2) is 9.85. The molecule has 0 bridgehead atoms. The summed E-state index contributed by atoms with van der Waals surface area (Å²) in [6.07, 6.45) is -2.63. The van der Waals surface area contributed by atoms with Gasteiger partial charge in [-0.15, -0.1) is 0 Å². The zero-order valence-electron chi connectivity index (χ0n) is 19.1. The maximum Gasteiger partial charge on any atom is 0.417 e. The molecule has 2 aromatic carbocycles. The van der Waals surface area contributed by atoms with Gasteiger partial charge in [0.05, 0.1) is 21.7 Å². The fourth-order valence-electron chi connectivity index (χ4n) is 4.30. The van der Waals surface area contributed by atoms with Gasteiger partial charge in [0.25, 0.3) is 5.91 Å². The number of aromatic nitrogens is 2. The predicted octanol–water partition coefficient (Wildman–Crippen LogP) is 5.66. The first kappa shape index (κ1) is 25.0. The Balaban J connectivity index is 1.43. The lowest BCUT2D eigenvalue weighted by Crippen LogP contribution is -2.41. The average molecular weight is 510 g/mol. The standard InChI is InChI=1S/C24H24ClF4N5O/c1-34(2)21-15-5-3-4-6-18(15)32-23(33-21)31-14-9-7-13(8-10-14)30-22(35)19-16(24(27,28)29)11-12-17(25)20(19)26/h3-6,11-14H,7-10H2,1-2H3,(H,30,35)(H,31,32,33). The molecule has 0 atom stereocenters. The van der Waals surface area contributed by atoms with Crippen LogP contribution in [0.1, 0.15) is 41.6 Å². The number of halogens is 5. The summed E-state index contributed by atoms with van der Waals surface area (Å²) in [5.41, 5.74) is -1.62. The van der Waals surface area contributed by atoms with Gasteiger partial charge in [0.1, 0.15) is 5.82 Å². The first-order valence-corrected chi connectivity index (χ1v) is 11.5. The Hall–Kier alpha value is -3.14. The van der Waals surface area contributed by atoms with E-state index < -0.39 is 40.1 Å². The summed E-state index contributed by atoms with van der Waals surface area (Å²) in [4.78, 5) is 23.7. The van der Waals surface area contributed by atoms with Gasteiger partial charge in [-0.05, 0) is 49.9 Å². The normalized spacial score (nSPS) is 18.4. The number of nitrogens with zero attached hydrogens (tertiary/aromatic N) is 3. The van der Waals surface area contributed by atoms with Crippen LogP contribution in [0.15, 0.2) is 36.4 Å². The zero-order valence-corrected chi connectivity index (χ0v) is 19.8.